The number of carboxylic acids is 1. The lowest BCUT2D eigenvalue weighted by Crippen LogP contribution is -2.34. The van der Waals surface area contributed by atoms with Crippen molar-refractivity contribution in [3.05, 3.63) is 89.0 Å². The first-order valence-electron chi connectivity index (χ1n) is 14.1. The maximum absolute atomic E-state index is 13.6. The van der Waals surface area contributed by atoms with E-state index in [2.05, 4.69) is 10.6 Å². The fourth-order valence-corrected chi connectivity index (χ4v) is 5.18. The number of nitrogens with zero attached hydrogens (tertiary/aromatic N) is 2. The lowest BCUT2D eigenvalue weighted by atomic mass is 9.84. The number of halogens is 3. The van der Waals surface area contributed by atoms with Crippen LogP contribution in [0.4, 0.5) is 35.0 Å². The van der Waals surface area contributed by atoms with Crippen LogP contribution in [-0.4, -0.2) is 40.0 Å². The predicted octanol–water partition coefficient (Wildman–Crippen LogP) is 6.78. The Morgan fingerprint density at radius 1 is 0.886 bits per heavy atom. The molecule has 44 heavy (non-hydrogen) atoms. The average Bonchev–Trinajstić information content (AvgIpc) is 3.00. The lowest BCUT2D eigenvalue weighted by molar-refractivity contribution is -0.138. The Balaban J connectivity index is 1.58. The Kier molecular flexibility index (Phi) is 10.4. The molecule has 1 aliphatic rings. The van der Waals surface area contributed by atoms with Crippen molar-refractivity contribution in [1.82, 2.24) is 5.32 Å². The van der Waals surface area contributed by atoms with E-state index in [1.807, 2.05) is 12.1 Å². The molecule has 5 N–H and O–H groups in total. The van der Waals surface area contributed by atoms with Crippen LogP contribution in [0, 0.1) is 0 Å². The van der Waals surface area contributed by atoms with Crippen molar-refractivity contribution in [2.75, 3.05) is 22.0 Å². The molecule has 3 amide bonds. The molecular weight excluding hydrogens is 581 g/mol. The van der Waals surface area contributed by atoms with E-state index in [9.17, 15) is 38.0 Å². The summed E-state index contributed by atoms with van der Waals surface area (Å²) < 4.78 is 40.8. The van der Waals surface area contributed by atoms with E-state index in [1.54, 1.807) is 24.3 Å². The van der Waals surface area contributed by atoms with E-state index in [4.69, 9.17) is 5.11 Å². The van der Waals surface area contributed by atoms with Crippen LogP contribution in [0.1, 0.15) is 71.5 Å². The summed E-state index contributed by atoms with van der Waals surface area (Å²) >= 11 is 0. The number of hydrogen-bond acceptors (Lipinski definition) is 6. The number of benzene rings is 3. The van der Waals surface area contributed by atoms with Crippen LogP contribution in [-0.2, 0) is 17.5 Å². The van der Waals surface area contributed by atoms with Gasteiger partial charge in [0.15, 0.2) is 0 Å². The Morgan fingerprint density at radius 2 is 1.55 bits per heavy atom. The minimum absolute atomic E-state index is 0.000785. The summed E-state index contributed by atoms with van der Waals surface area (Å²) in [5.74, 6) is -1.08. The monoisotopic (exact) mass is 614 g/mol. The molecule has 4 rings (SSSR count). The van der Waals surface area contributed by atoms with Gasteiger partial charge in [0.2, 0.25) is 0 Å². The topological polar surface area (TPSA) is 142 Å². The fraction of sp³-hybridized carbons (Fsp3) is 0.323. The third kappa shape index (κ3) is 8.48. The second-order valence-electron chi connectivity index (χ2n) is 10.6. The van der Waals surface area contributed by atoms with Crippen molar-refractivity contribution >= 4 is 35.0 Å². The normalized spacial score (nSPS) is 13.7. The molecule has 1 aliphatic carbocycles. The first-order valence-corrected chi connectivity index (χ1v) is 14.1. The van der Waals surface area contributed by atoms with Crippen molar-refractivity contribution in [3.63, 3.8) is 0 Å². The van der Waals surface area contributed by atoms with E-state index >= 15 is 0 Å². The molecule has 0 bridgehead atoms. The molecule has 3 aromatic carbocycles. The van der Waals surface area contributed by atoms with Gasteiger partial charge in [0.25, 0.3) is 5.91 Å². The lowest BCUT2D eigenvalue weighted by Gasteiger charge is -2.26. The maximum Gasteiger partial charge on any atom is 0.418 e. The molecule has 0 aliphatic heterocycles. The van der Waals surface area contributed by atoms with Crippen molar-refractivity contribution in [1.29, 1.82) is 0 Å². The summed E-state index contributed by atoms with van der Waals surface area (Å²) in [4.78, 5) is 37.9. The highest BCUT2D eigenvalue weighted by molar-refractivity contribution is 6.02. The number of carbonyl (C=O) groups is 3. The van der Waals surface area contributed by atoms with Gasteiger partial charge in [-0.2, -0.15) is 13.2 Å². The molecular formula is C31H33F3N4O6. The van der Waals surface area contributed by atoms with Gasteiger partial charge in [-0.25, -0.2) is 4.79 Å². The van der Waals surface area contributed by atoms with Crippen LogP contribution in [0.25, 0.3) is 0 Å². The van der Waals surface area contributed by atoms with Gasteiger partial charge in [-0.3, -0.25) is 24.9 Å². The van der Waals surface area contributed by atoms with Crippen LogP contribution in [0.2, 0.25) is 0 Å². The summed E-state index contributed by atoms with van der Waals surface area (Å²) in [5, 5.41) is 31.5. The van der Waals surface area contributed by atoms with Gasteiger partial charge < -0.3 is 15.7 Å². The number of aliphatic carboxylic acids is 1. The van der Waals surface area contributed by atoms with Crippen molar-refractivity contribution in [3.8, 4) is 0 Å². The summed E-state index contributed by atoms with van der Waals surface area (Å²) in [6, 6.07) is 15.6. The minimum Gasteiger partial charge on any atom is -0.481 e. The molecule has 0 heterocycles. The predicted molar refractivity (Wildman–Crippen MR) is 156 cm³/mol. The zero-order valence-corrected chi connectivity index (χ0v) is 23.7. The summed E-state index contributed by atoms with van der Waals surface area (Å²) in [6.07, 6.45) is 0.508. The number of carboxylic acid groups (broad SMARTS) is 1. The van der Waals surface area contributed by atoms with Crippen LogP contribution < -0.4 is 20.8 Å². The van der Waals surface area contributed by atoms with Gasteiger partial charge >= 0.3 is 18.2 Å². The molecule has 234 valence electrons. The number of nitrogens with one attached hydrogen (secondary N) is 2. The van der Waals surface area contributed by atoms with Crippen molar-refractivity contribution in [2.24, 2.45) is 0 Å². The summed E-state index contributed by atoms with van der Waals surface area (Å²) in [6.45, 7) is -0.0345. The van der Waals surface area contributed by atoms with Gasteiger partial charge in [-0.05, 0) is 72.4 Å². The smallest absolute Gasteiger partial charge is 0.418 e. The number of urea groups is 1. The first-order chi connectivity index (χ1) is 20.9. The molecule has 0 radical (unpaired) electrons. The van der Waals surface area contributed by atoms with E-state index in [1.165, 1.54) is 23.5 Å². The van der Waals surface area contributed by atoms with Crippen LogP contribution in [0.3, 0.4) is 0 Å². The summed E-state index contributed by atoms with van der Waals surface area (Å²) in [5.41, 5.74) is 0.0515. The van der Waals surface area contributed by atoms with Gasteiger partial charge in [-0.15, -0.1) is 5.23 Å². The number of rotatable bonds is 10. The Bertz CT molecular complexity index is 1460. The molecule has 1 fully saturated rings. The van der Waals surface area contributed by atoms with E-state index in [-0.39, 0.29) is 30.8 Å². The van der Waals surface area contributed by atoms with Crippen LogP contribution in [0.15, 0.2) is 66.7 Å². The Hall–Kier alpha value is -4.62. The molecule has 13 heteroatoms. The number of carbonyl (C=O) groups excluding carboxylic acids is 2. The number of alkyl halides is 3. The van der Waals surface area contributed by atoms with Crippen LogP contribution >= 0.6 is 0 Å². The molecule has 0 unspecified atom stereocenters. The number of anilines is 3. The highest BCUT2D eigenvalue weighted by atomic mass is 19.4. The molecule has 0 aromatic heterocycles. The minimum atomic E-state index is -4.93. The summed E-state index contributed by atoms with van der Waals surface area (Å²) in [7, 11) is 0. The Morgan fingerprint density at radius 3 is 2.14 bits per heavy atom. The maximum atomic E-state index is 13.6. The van der Waals surface area contributed by atoms with E-state index in [0.717, 1.165) is 43.4 Å². The van der Waals surface area contributed by atoms with Gasteiger partial charge in [0.05, 0.1) is 18.5 Å². The van der Waals surface area contributed by atoms with E-state index < -0.39 is 40.6 Å². The quantitative estimate of drug-likeness (QED) is 0.158. The standard InChI is InChI=1S/C31H33F3N4O6/c32-31(33,34)26-18-24(12-15-27(26)38(43)44)36-30(42)37(25-13-10-22(11-14-25)21-4-2-1-3-5-21)19-20-6-8-23(9-7-20)29(41)35-17-16-28(39)40/h6-15,18,21,43-44H,1-5,16-17,19H2,(H,35,41)(H,36,42)(H,39,40). The molecule has 0 saturated heterocycles. The SMILES string of the molecule is O=C(O)CCNC(=O)c1ccc(CN(C(=O)Nc2ccc(N(O)O)c(C(F)(F)F)c2)c2ccc(C3CCCCC3)cc2)cc1. The van der Waals surface area contributed by atoms with Crippen molar-refractivity contribution < 1.29 is 43.1 Å². The van der Waals surface area contributed by atoms with Gasteiger partial charge in [0.1, 0.15) is 5.69 Å². The number of amides is 3. The largest absolute Gasteiger partial charge is 0.481 e. The third-order valence-electron chi connectivity index (χ3n) is 7.48. The third-order valence-corrected chi connectivity index (χ3v) is 7.48. The Labute approximate surface area is 251 Å². The zero-order valence-electron chi connectivity index (χ0n) is 23.7. The first kappa shape index (κ1) is 32.3. The fourth-order valence-electron chi connectivity index (χ4n) is 5.18. The van der Waals surface area contributed by atoms with Gasteiger partial charge in [0, 0.05) is 23.5 Å². The zero-order chi connectivity index (χ0) is 31.9. The van der Waals surface area contributed by atoms with Gasteiger partial charge in [-0.1, -0.05) is 43.5 Å². The molecule has 3 aromatic rings. The molecule has 0 atom stereocenters. The highest BCUT2D eigenvalue weighted by Crippen LogP contribution is 2.38. The van der Waals surface area contributed by atoms with Crippen LogP contribution in [0.5, 0.6) is 0 Å². The molecule has 1 saturated carbocycles. The molecule has 10 nitrogen and oxygen atoms in total. The highest BCUT2D eigenvalue weighted by Gasteiger charge is 2.35. The molecule has 0 spiro atoms. The second kappa shape index (κ2) is 14.2. The van der Waals surface area contributed by atoms with Crippen molar-refractivity contribution in [2.45, 2.75) is 57.2 Å². The van der Waals surface area contributed by atoms with E-state index in [0.29, 0.717) is 23.2 Å². The second-order valence-corrected chi connectivity index (χ2v) is 10.6. The number of hydrogen-bond donors (Lipinski definition) is 5. The average molecular weight is 615 g/mol.